The Morgan fingerprint density at radius 2 is 2.37 bits per heavy atom. The van der Waals surface area contributed by atoms with Crippen LogP contribution in [0.25, 0.3) is 0 Å². The van der Waals surface area contributed by atoms with Crippen LogP contribution in [0.5, 0.6) is 0 Å². The standard InChI is InChI=1S/C12H18N4O3/c1-3-7-4-9(7)14-12(19)15-10(11(17)18)8-5-13-16(2)6-8/h5-7,9-10H,3-4H2,1-2H3,(H,17,18)(H2,14,15,19). The van der Waals surface area contributed by atoms with Gasteiger partial charge in [0.15, 0.2) is 6.04 Å². The van der Waals surface area contributed by atoms with Crippen molar-refractivity contribution in [1.29, 1.82) is 0 Å². The van der Waals surface area contributed by atoms with Crippen LogP contribution >= 0.6 is 0 Å². The van der Waals surface area contributed by atoms with Gasteiger partial charge in [0.2, 0.25) is 0 Å². The lowest BCUT2D eigenvalue weighted by molar-refractivity contribution is -0.139. The molecular formula is C12H18N4O3. The van der Waals surface area contributed by atoms with Crippen molar-refractivity contribution in [3.8, 4) is 0 Å². The molecule has 0 spiro atoms. The third-order valence-electron chi connectivity index (χ3n) is 3.34. The van der Waals surface area contributed by atoms with Crippen LogP contribution in [0.2, 0.25) is 0 Å². The molecule has 3 atom stereocenters. The number of carboxylic acids is 1. The summed E-state index contributed by atoms with van der Waals surface area (Å²) < 4.78 is 1.50. The number of amides is 2. The molecule has 1 aliphatic carbocycles. The molecule has 0 aromatic carbocycles. The highest BCUT2D eigenvalue weighted by molar-refractivity contribution is 5.83. The van der Waals surface area contributed by atoms with Gasteiger partial charge in [-0.3, -0.25) is 4.68 Å². The minimum absolute atomic E-state index is 0.174. The van der Waals surface area contributed by atoms with Crippen LogP contribution in [0.1, 0.15) is 31.4 Å². The fourth-order valence-corrected chi connectivity index (χ4v) is 2.09. The van der Waals surface area contributed by atoms with Crippen LogP contribution in [-0.2, 0) is 11.8 Å². The number of hydrogen-bond acceptors (Lipinski definition) is 3. The molecule has 0 radical (unpaired) electrons. The van der Waals surface area contributed by atoms with Gasteiger partial charge in [0, 0.05) is 24.8 Å². The summed E-state index contributed by atoms with van der Waals surface area (Å²) in [6.45, 7) is 2.07. The van der Waals surface area contributed by atoms with E-state index in [4.69, 9.17) is 5.11 Å². The molecule has 1 aromatic heterocycles. The Morgan fingerprint density at radius 1 is 1.63 bits per heavy atom. The van der Waals surface area contributed by atoms with E-state index in [1.807, 2.05) is 0 Å². The average molecular weight is 266 g/mol. The Labute approximate surface area is 111 Å². The second-order valence-corrected chi connectivity index (χ2v) is 4.85. The first-order chi connectivity index (χ1) is 9.01. The van der Waals surface area contributed by atoms with Crippen LogP contribution in [0, 0.1) is 5.92 Å². The van der Waals surface area contributed by atoms with E-state index >= 15 is 0 Å². The molecule has 7 nitrogen and oxygen atoms in total. The van der Waals surface area contributed by atoms with Crippen LogP contribution in [0.4, 0.5) is 4.79 Å². The van der Waals surface area contributed by atoms with Crippen molar-refractivity contribution in [2.75, 3.05) is 0 Å². The number of aryl methyl sites for hydroxylation is 1. The number of carbonyl (C=O) groups excluding carboxylic acids is 1. The molecule has 1 fully saturated rings. The Kier molecular flexibility index (Phi) is 3.73. The number of aliphatic carboxylic acids is 1. The summed E-state index contributed by atoms with van der Waals surface area (Å²) in [7, 11) is 1.69. The van der Waals surface area contributed by atoms with Crippen LogP contribution in [-0.4, -0.2) is 32.9 Å². The van der Waals surface area contributed by atoms with Crippen LogP contribution < -0.4 is 10.6 Å². The molecular weight excluding hydrogens is 248 g/mol. The first kappa shape index (κ1) is 13.4. The zero-order chi connectivity index (χ0) is 14.0. The Morgan fingerprint density at radius 3 is 2.84 bits per heavy atom. The van der Waals surface area contributed by atoms with Crippen LogP contribution in [0.15, 0.2) is 12.4 Å². The normalized spacial score (nSPS) is 22.6. The summed E-state index contributed by atoms with van der Waals surface area (Å²) in [5.74, 6) is -0.585. The topological polar surface area (TPSA) is 96.2 Å². The minimum atomic E-state index is -1.11. The van der Waals surface area contributed by atoms with Gasteiger partial charge in [-0.2, -0.15) is 5.10 Å². The van der Waals surface area contributed by atoms with E-state index in [2.05, 4.69) is 22.7 Å². The summed E-state index contributed by atoms with van der Waals surface area (Å²) in [6, 6.07) is -1.35. The summed E-state index contributed by atoms with van der Waals surface area (Å²) in [5, 5.41) is 18.3. The monoisotopic (exact) mass is 266 g/mol. The molecule has 1 aromatic rings. The van der Waals surface area contributed by atoms with Crippen molar-refractivity contribution >= 4 is 12.0 Å². The lowest BCUT2D eigenvalue weighted by Gasteiger charge is -2.13. The number of aromatic nitrogens is 2. The zero-order valence-corrected chi connectivity index (χ0v) is 11.0. The van der Waals surface area contributed by atoms with Gasteiger partial charge in [-0.25, -0.2) is 9.59 Å². The van der Waals surface area contributed by atoms with E-state index in [0.717, 1.165) is 12.8 Å². The molecule has 3 N–H and O–H groups in total. The molecule has 1 saturated carbocycles. The van der Waals surface area contributed by atoms with E-state index in [1.165, 1.54) is 10.9 Å². The Balaban J connectivity index is 1.94. The highest BCUT2D eigenvalue weighted by Gasteiger charge is 2.37. The second-order valence-electron chi connectivity index (χ2n) is 4.85. The van der Waals surface area contributed by atoms with E-state index < -0.39 is 18.0 Å². The first-order valence-corrected chi connectivity index (χ1v) is 6.29. The summed E-state index contributed by atoms with van der Waals surface area (Å²) >= 11 is 0. The average Bonchev–Trinajstić information content (AvgIpc) is 2.96. The zero-order valence-electron chi connectivity index (χ0n) is 11.0. The molecule has 0 aliphatic heterocycles. The van der Waals surface area contributed by atoms with Crippen molar-refractivity contribution < 1.29 is 14.7 Å². The molecule has 19 heavy (non-hydrogen) atoms. The van der Waals surface area contributed by atoms with Gasteiger partial charge in [0.25, 0.3) is 0 Å². The van der Waals surface area contributed by atoms with Gasteiger partial charge in [0.1, 0.15) is 0 Å². The molecule has 3 unspecified atom stereocenters. The number of rotatable bonds is 5. The fraction of sp³-hybridized carbons (Fsp3) is 0.583. The van der Waals surface area contributed by atoms with E-state index in [9.17, 15) is 9.59 Å². The molecule has 0 bridgehead atoms. The van der Waals surface area contributed by atoms with E-state index in [-0.39, 0.29) is 6.04 Å². The number of carbonyl (C=O) groups is 2. The van der Waals surface area contributed by atoms with E-state index in [0.29, 0.717) is 11.5 Å². The molecule has 2 rings (SSSR count). The third-order valence-corrected chi connectivity index (χ3v) is 3.34. The predicted octanol–water partition coefficient (Wildman–Crippen LogP) is 0.643. The van der Waals surface area contributed by atoms with Gasteiger partial charge in [0.05, 0.1) is 6.20 Å². The maximum absolute atomic E-state index is 11.7. The molecule has 7 heteroatoms. The first-order valence-electron chi connectivity index (χ1n) is 6.29. The molecule has 1 aliphatic rings. The molecule has 1 heterocycles. The molecule has 104 valence electrons. The van der Waals surface area contributed by atoms with Crippen molar-refractivity contribution in [3.63, 3.8) is 0 Å². The maximum atomic E-state index is 11.7. The highest BCUT2D eigenvalue weighted by atomic mass is 16.4. The lowest BCUT2D eigenvalue weighted by atomic mass is 10.1. The van der Waals surface area contributed by atoms with Gasteiger partial charge in [-0.1, -0.05) is 13.3 Å². The second kappa shape index (κ2) is 5.29. The predicted molar refractivity (Wildman–Crippen MR) is 67.4 cm³/mol. The summed E-state index contributed by atoms with van der Waals surface area (Å²) in [5.41, 5.74) is 0.452. The number of carboxylic acid groups (broad SMARTS) is 1. The number of urea groups is 1. The summed E-state index contributed by atoms with van der Waals surface area (Å²) in [6.07, 6.45) is 5.00. The fourth-order valence-electron chi connectivity index (χ4n) is 2.09. The van der Waals surface area contributed by atoms with Gasteiger partial charge in [-0.15, -0.1) is 0 Å². The van der Waals surface area contributed by atoms with Gasteiger partial charge < -0.3 is 15.7 Å². The van der Waals surface area contributed by atoms with Crippen molar-refractivity contribution in [2.24, 2.45) is 13.0 Å². The van der Waals surface area contributed by atoms with Gasteiger partial charge in [-0.05, 0) is 12.3 Å². The molecule has 0 saturated heterocycles. The minimum Gasteiger partial charge on any atom is -0.479 e. The lowest BCUT2D eigenvalue weighted by Crippen LogP contribution is -2.42. The molecule has 2 amide bonds. The number of nitrogens with zero attached hydrogens (tertiary/aromatic N) is 2. The van der Waals surface area contributed by atoms with Crippen molar-refractivity contribution in [2.45, 2.75) is 31.8 Å². The maximum Gasteiger partial charge on any atom is 0.331 e. The quantitative estimate of drug-likeness (QED) is 0.728. The highest BCUT2D eigenvalue weighted by Crippen LogP contribution is 2.32. The number of nitrogens with one attached hydrogen (secondary N) is 2. The Bertz CT molecular complexity index is 485. The van der Waals surface area contributed by atoms with Gasteiger partial charge >= 0.3 is 12.0 Å². The SMILES string of the molecule is CCC1CC1NC(=O)NC(C(=O)O)c1cnn(C)c1. The largest absolute Gasteiger partial charge is 0.479 e. The van der Waals surface area contributed by atoms with Crippen LogP contribution in [0.3, 0.4) is 0 Å². The smallest absolute Gasteiger partial charge is 0.331 e. The van der Waals surface area contributed by atoms with Crippen molar-refractivity contribution in [1.82, 2.24) is 20.4 Å². The Hall–Kier alpha value is -2.05. The van der Waals surface area contributed by atoms with Crippen molar-refractivity contribution in [3.05, 3.63) is 18.0 Å². The number of hydrogen-bond donors (Lipinski definition) is 3. The summed E-state index contributed by atoms with van der Waals surface area (Å²) in [4.78, 5) is 22.9. The third kappa shape index (κ3) is 3.24. The van der Waals surface area contributed by atoms with E-state index in [1.54, 1.807) is 13.2 Å².